The Bertz CT molecular complexity index is 758. The molecule has 0 bridgehead atoms. The molecule has 3 aromatic rings. The van der Waals surface area contributed by atoms with Crippen molar-refractivity contribution in [3.05, 3.63) is 52.5 Å². The SMILES string of the molecule is Cc1occc1-c1nnc(-c2ccc([N+](=O)[O-])cc2)o1. The van der Waals surface area contributed by atoms with Gasteiger partial charge in [0.25, 0.3) is 11.6 Å². The summed E-state index contributed by atoms with van der Waals surface area (Å²) in [5.41, 5.74) is 1.36. The van der Waals surface area contributed by atoms with E-state index in [-0.39, 0.29) is 5.69 Å². The lowest BCUT2D eigenvalue weighted by Gasteiger charge is -1.94. The molecule has 0 aliphatic rings. The first-order valence-corrected chi connectivity index (χ1v) is 5.78. The van der Waals surface area contributed by atoms with Crippen LogP contribution in [0.5, 0.6) is 0 Å². The van der Waals surface area contributed by atoms with E-state index in [1.54, 1.807) is 31.4 Å². The van der Waals surface area contributed by atoms with Crippen molar-refractivity contribution in [3.63, 3.8) is 0 Å². The molecule has 0 aliphatic heterocycles. The van der Waals surface area contributed by atoms with E-state index in [9.17, 15) is 10.1 Å². The third-order valence-corrected chi connectivity index (χ3v) is 2.84. The van der Waals surface area contributed by atoms with Gasteiger partial charge in [-0.05, 0) is 25.1 Å². The normalized spacial score (nSPS) is 10.7. The maximum absolute atomic E-state index is 10.6. The fraction of sp³-hybridized carbons (Fsp3) is 0.0769. The van der Waals surface area contributed by atoms with E-state index in [0.717, 1.165) is 5.56 Å². The van der Waals surface area contributed by atoms with Gasteiger partial charge in [0, 0.05) is 17.7 Å². The molecule has 0 saturated heterocycles. The Morgan fingerprint density at radius 2 is 1.80 bits per heavy atom. The number of aromatic nitrogens is 2. The van der Waals surface area contributed by atoms with E-state index in [1.807, 2.05) is 0 Å². The average molecular weight is 271 g/mol. The number of rotatable bonds is 3. The minimum absolute atomic E-state index is 0.0131. The number of benzene rings is 1. The van der Waals surface area contributed by atoms with Gasteiger partial charge in [-0.3, -0.25) is 10.1 Å². The van der Waals surface area contributed by atoms with Gasteiger partial charge < -0.3 is 8.83 Å². The maximum atomic E-state index is 10.6. The summed E-state index contributed by atoms with van der Waals surface area (Å²) >= 11 is 0. The fourth-order valence-electron chi connectivity index (χ4n) is 1.78. The highest BCUT2D eigenvalue weighted by Crippen LogP contribution is 2.27. The molecule has 0 N–H and O–H groups in total. The third kappa shape index (κ3) is 2.05. The van der Waals surface area contributed by atoms with Gasteiger partial charge in [0.05, 0.1) is 16.7 Å². The molecule has 0 spiro atoms. The van der Waals surface area contributed by atoms with Gasteiger partial charge in [0.2, 0.25) is 5.89 Å². The summed E-state index contributed by atoms with van der Waals surface area (Å²) in [7, 11) is 0. The van der Waals surface area contributed by atoms with Gasteiger partial charge in [-0.25, -0.2) is 0 Å². The Morgan fingerprint density at radius 1 is 1.10 bits per heavy atom. The van der Waals surface area contributed by atoms with Crippen LogP contribution in [0.2, 0.25) is 0 Å². The molecule has 0 fully saturated rings. The molecular weight excluding hydrogens is 262 g/mol. The van der Waals surface area contributed by atoms with Crippen LogP contribution in [-0.4, -0.2) is 15.1 Å². The lowest BCUT2D eigenvalue weighted by atomic mass is 10.2. The summed E-state index contributed by atoms with van der Waals surface area (Å²) in [4.78, 5) is 10.1. The minimum Gasteiger partial charge on any atom is -0.469 e. The molecule has 20 heavy (non-hydrogen) atoms. The van der Waals surface area contributed by atoms with Crippen LogP contribution in [0.15, 0.2) is 45.4 Å². The van der Waals surface area contributed by atoms with E-state index >= 15 is 0 Å². The zero-order valence-electron chi connectivity index (χ0n) is 10.4. The van der Waals surface area contributed by atoms with Crippen LogP contribution in [0.4, 0.5) is 5.69 Å². The number of aryl methyl sites for hydroxylation is 1. The smallest absolute Gasteiger partial charge is 0.269 e. The standard InChI is InChI=1S/C13H9N3O4/c1-8-11(6-7-19-8)13-15-14-12(20-13)9-2-4-10(5-3-9)16(17)18/h2-7H,1H3. The number of non-ortho nitro benzene ring substituents is 1. The van der Waals surface area contributed by atoms with Crippen molar-refractivity contribution < 1.29 is 13.8 Å². The minimum atomic E-state index is -0.460. The molecule has 100 valence electrons. The van der Waals surface area contributed by atoms with Crippen LogP contribution >= 0.6 is 0 Å². The molecule has 2 aromatic heterocycles. The topological polar surface area (TPSA) is 95.2 Å². The Labute approximate surface area is 113 Å². The quantitative estimate of drug-likeness (QED) is 0.536. The highest BCUT2D eigenvalue weighted by molar-refractivity contribution is 5.59. The Balaban J connectivity index is 1.94. The monoisotopic (exact) mass is 271 g/mol. The summed E-state index contributed by atoms with van der Waals surface area (Å²) in [6, 6.07) is 7.66. The number of nitro groups is 1. The molecule has 3 rings (SSSR count). The van der Waals surface area contributed by atoms with Crippen molar-refractivity contribution in [2.24, 2.45) is 0 Å². The summed E-state index contributed by atoms with van der Waals surface area (Å²) < 4.78 is 10.7. The lowest BCUT2D eigenvalue weighted by Crippen LogP contribution is -1.87. The van der Waals surface area contributed by atoms with Crippen LogP contribution in [-0.2, 0) is 0 Å². The highest BCUT2D eigenvalue weighted by Gasteiger charge is 2.14. The molecule has 7 nitrogen and oxygen atoms in total. The molecule has 0 saturated carbocycles. The largest absolute Gasteiger partial charge is 0.469 e. The van der Waals surface area contributed by atoms with Crippen molar-refractivity contribution in [1.82, 2.24) is 10.2 Å². The van der Waals surface area contributed by atoms with Gasteiger partial charge >= 0.3 is 0 Å². The first-order chi connectivity index (χ1) is 9.65. The predicted octanol–water partition coefficient (Wildman–Crippen LogP) is 3.21. The van der Waals surface area contributed by atoms with Crippen molar-refractivity contribution in [2.75, 3.05) is 0 Å². The van der Waals surface area contributed by atoms with Crippen LogP contribution < -0.4 is 0 Å². The number of nitro benzene ring substituents is 1. The molecule has 0 radical (unpaired) electrons. The van der Waals surface area contributed by atoms with Gasteiger partial charge in [0.15, 0.2) is 0 Å². The van der Waals surface area contributed by atoms with Gasteiger partial charge in [-0.2, -0.15) is 0 Å². The van der Waals surface area contributed by atoms with Crippen molar-refractivity contribution in [1.29, 1.82) is 0 Å². The maximum Gasteiger partial charge on any atom is 0.269 e. The summed E-state index contributed by atoms with van der Waals surface area (Å²) in [6.45, 7) is 1.80. The Morgan fingerprint density at radius 3 is 2.40 bits per heavy atom. The molecule has 0 unspecified atom stereocenters. The fourth-order valence-corrected chi connectivity index (χ4v) is 1.78. The highest BCUT2D eigenvalue weighted by atomic mass is 16.6. The molecule has 0 atom stereocenters. The Kier molecular flexibility index (Phi) is 2.79. The van der Waals surface area contributed by atoms with Gasteiger partial charge in [-0.15, -0.1) is 10.2 Å². The second-order valence-corrected chi connectivity index (χ2v) is 4.11. The van der Waals surface area contributed by atoms with Crippen LogP contribution in [0.3, 0.4) is 0 Å². The summed E-state index contributed by atoms with van der Waals surface area (Å²) in [6.07, 6.45) is 1.54. The predicted molar refractivity (Wildman–Crippen MR) is 68.8 cm³/mol. The lowest BCUT2D eigenvalue weighted by molar-refractivity contribution is -0.384. The van der Waals surface area contributed by atoms with E-state index in [1.165, 1.54) is 12.1 Å². The van der Waals surface area contributed by atoms with E-state index in [0.29, 0.717) is 23.1 Å². The Hall–Kier alpha value is -2.96. The number of nitrogens with zero attached hydrogens (tertiary/aromatic N) is 3. The summed E-state index contributed by atoms with van der Waals surface area (Å²) in [5.74, 6) is 1.34. The zero-order chi connectivity index (χ0) is 14.1. The van der Waals surface area contributed by atoms with Gasteiger partial charge in [0.1, 0.15) is 5.76 Å². The summed E-state index contributed by atoms with van der Waals surface area (Å²) in [5, 5.41) is 18.5. The van der Waals surface area contributed by atoms with Crippen LogP contribution in [0, 0.1) is 17.0 Å². The van der Waals surface area contributed by atoms with E-state index in [2.05, 4.69) is 10.2 Å². The molecule has 0 aliphatic carbocycles. The average Bonchev–Trinajstić information content (AvgIpc) is 3.07. The zero-order valence-corrected chi connectivity index (χ0v) is 10.4. The van der Waals surface area contributed by atoms with Crippen LogP contribution in [0.1, 0.15) is 5.76 Å². The number of hydrogen-bond acceptors (Lipinski definition) is 6. The van der Waals surface area contributed by atoms with E-state index in [4.69, 9.17) is 8.83 Å². The first kappa shape index (κ1) is 12.1. The number of furan rings is 1. The van der Waals surface area contributed by atoms with Crippen molar-refractivity contribution in [3.8, 4) is 22.9 Å². The number of hydrogen-bond donors (Lipinski definition) is 0. The third-order valence-electron chi connectivity index (χ3n) is 2.84. The van der Waals surface area contributed by atoms with E-state index < -0.39 is 4.92 Å². The second-order valence-electron chi connectivity index (χ2n) is 4.11. The van der Waals surface area contributed by atoms with Crippen LogP contribution in [0.25, 0.3) is 22.9 Å². The molecule has 2 heterocycles. The van der Waals surface area contributed by atoms with Gasteiger partial charge in [-0.1, -0.05) is 0 Å². The second kappa shape index (κ2) is 4.61. The van der Waals surface area contributed by atoms with Crippen molar-refractivity contribution in [2.45, 2.75) is 6.92 Å². The molecule has 1 aromatic carbocycles. The van der Waals surface area contributed by atoms with Crippen molar-refractivity contribution >= 4 is 5.69 Å². The molecular formula is C13H9N3O4. The first-order valence-electron chi connectivity index (χ1n) is 5.78. The molecule has 7 heteroatoms. The molecule has 0 amide bonds.